The molecular weight excluding hydrogens is 156 g/mol. The Hall–Kier alpha value is 0. The van der Waals surface area contributed by atoms with E-state index in [2.05, 4.69) is 34.6 Å². The Morgan fingerprint density at radius 1 is 0.923 bits per heavy atom. The van der Waals surface area contributed by atoms with Crippen LogP contribution < -0.4 is 0 Å². The molecule has 0 aromatic rings. The molecule has 2 fully saturated rings. The molecule has 76 valence electrons. The van der Waals surface area contributed by atoms with Crippen LogP contribution in [0, 0.1) is 41.4 Å². The van der Waals surface area contributed by atoms with Gasteiger partial charge in [-0.05, 0) is 41.4 Å². The summed E-state index contributed by atoms with van der Waals surface area (Å²) in [5, 5.41) is 0. The van der Waals surface area contributed by atoms with E-state index < -0.39 is 0 Å². The molecule has 13 heavy (non-hydrogen) atoms. The van der Waals surface area contributed by atoms with Gasteiger partial charge in [-0.15, -0.1) is 0 Å². The lowest BCUT2D eigenvalue weighted by Gasteiger charge is -2.68. The fourth-order valence-electron chi connectivity index (χ4n) is 4.32. The molecule has 0 bridgehead atoms. The molecule has 2 saturated carbocycles. The number of fused-ring (bicyclic) bond motifs is 1. The molecule has 0 aromatic heterocycles. The van der Waals surface area contributed by atoms with Crippen LogP contribution in [0.2, 0.25) is 0 Å². The molecule has 0 aromatic carbocycles. The quantitative estimate of drug-likeness (QED) is 0.606. The maximum Gasteiger partial charge on any atom is -0.0319 e. The van der Waals surface area contributed by atoms with Crippen molar-refractivity contribution in [3.8, 4) is 0 Å². The van der Waals surface area contributed by atoms with Crippen LogP contribution in [0.5, 0.6) is 0 Å². The Labute approximate surface area is 83.1 Å². The second-order valence-electron chi connectivity index (χ2n) is 5.69. The van der Waals surface area contributed by atoms with Crippen LogP contribution in [-0.2, 0) is 0 Å². The van der Waals surface area contributed by atoms with Gasteiger partial charge in [0.2, 0.25) is 0 Å². The molecule has 0 heterocycles. The monoisotopic (exact) mass is 180 g/mol. The Morgan fingerprint density at radius 2 is 1.46 bits per heavy atom. The molecule has 0 nitrogen and oxygen atoms in total. The van der Waals surface area contributed by atoms with E-state index in [1.165, 1.54) is 6.42 Å². The van der Waals surface area contributed by atoms with Crippen LogP contribution in [0.3, 0.4) is 0 Å². The SMILES string of the molecule is CCC(C)C1C(C)C2C(C)C(C)C12. The van der Waals surface area contributed by atoms with Crippen molar-refractivity contribution in [3.05, 3.63) is 0 Å². The van der Waals surface area contributed by atoms with E-state index in [9.17, 15) is 0 Å². The smallest absolute Gasteiger partial charge is 0.0319 e. The van der Waals surface area contributed by atoms with E-state index in [0.717, 1.165) is 41.4 Å². The molecule has 0 aliphatic heterocycles. The highest BCUT2D eigenvalue weighted by Crippen LogP contribution is 2.66. The standard InChI is InChI=1S/C13H24/c1-6-7(2)11-10(5)12-8(3)9(4)13(11)12/h7-13H,6H2,1-5H3. The van der Waals surface area contributed by atoms with Crippen molar-refractivity contribution in [2.75, 3.05) is 0 Å². The van der Waals surface area contributed by atoms with E-state index in [1.807, 2.05) is 0 Å². The Bertz CT molecular complexity index is 196. The van der Waals surface area contributed by atoms with Crippen molar-refractivity contribution in [2.45, 2.75) is 41.0 Å². The summed E-state index contributed by atoms with van der Waals surface area (Å²) in [4.78, 5) is 0. The molecule has 0 heteroatoms. The van der Waals surface area contributed by atoms with Gasteiger partial charge in [0.05, 0.1) is 0 Å². The van der Waals surface area contributed by atoms with Gasteiger partial charge in [0, 0.05) is 0 Å². The topological polar surface area (TPSA) is 0 Å². The van der Waals surface area contributed by atoms with E-state index in [1.54, 1.807) is 0 Å². The van der Waals surface area contributed by atoms with E-state index >= 15 is 0 Å². The first kappa shape index (κ1) is 9.55. The molecule has 0 saturated heterocycles. The lowest BCUT2D eigenvalue weighted by molar-refractivity contribution is -0.203. The second-order valence-corrected chi connectivity index (χ2v) is 5.69. The molecule has 2 rings (SSSR count). The van der Waals surface area contributed by atoms with E-state index in [4.69, 9.17) is 0 Å². The third kappa shape index (κ3) is 1.04. The van der Waals surface area contributed by atoms with Crippen LogP contribution in [-0.4, -0.2) is 0 Å². The molecule has 2 aliphatic carbocycles. The predicted molar refractivity (Wildman–Crippen MR) is 57.4 cm³/mol. The lowest BCUT2D eigenvalue weighted by atomic mass is 9.37. The van der Waals surface area contributed by atoms with Gasteiger partial charge in [-0.1, -0.05) is 41.0 Å². The molecular formula is C13H24. The lowest BCUT2D eigenvalue weighted by Crippen LogP contribution is -2.63. The number of hydrogen-bond acceptors (Lipinski definition) is 0. The highest BCUT2D eigenvalue weighted by Gasteiger charge is 2.61. The summed E-state index contributed by atoms with van der Waals surface area (Å²) >= 11 is 0. The third-order valence-electron chi connectivity index (χ3n) is 5.45. The van der Waals surface area contributed by atoms with Crippen molar-refractivity contribution in [2.24, 2.45) is 41.4 Å². The second kappa shape index (κ2) is 3.00. The highest BCUT2D eigenvalue weighted by molar-refractivity contribution is 5.09. The van der Waals surface area contributed by atoms with Crippen LogP contribution >= 0.6 is 0 Å². The molecule has 0 spiro atoms. The van der Waals surface area contributed by atoms with Gasteiger partial charge in [0.15, 0.2) is 0 Å². The van der Waals surface area contributed by atoms with Crippen molar-refractivity contribution in [1.29, 1.82) is 0 Å². The van der Waals surface area contributed by atoms with Gasteiger partial charge >= 0.3 is 0 Å². The van der Waals surface area contributed by atoms with Gasteiger partial charge in [-0.2, -0.15) is 0 Å². The van der Waals surface area contributed by atoms with Crippen LogP contribution in [0.1, 0.15) is 41.0 Å². The normalized spacial score (nSPS) is 56.1. The molecule has 7 atom stereocenters. The Kier molecular flexibility index (Phi) is 2.20. The van der Waals surface area contributed by atoms with Crippen LogP contribution in [0.25, 0.3) is 0 Å². The zero-order valence-electron chi connectivity index (χ0n) is 9.75. The van der Waals surface area contributed by atoms with Gasteiger partial charge in [-0.25, -0.2) is 0 Å². The highest BCUT2D eigenvalue weighted by atomic mass is 14.7. The summed E-state index contributed by atoms with van der Waals surface area (Å²) in [6, 6.07) is 0. The van der Waals surface area contributed by atoms with Crippen LogP contribution in [0.15, 0.2) is 0 Å². The minimum absolute atomic E-state index is 0.964. The summed E-state index contributed by atoms with van der Waals surface area (Å²) in [7, 11) is 0. The molecule has 0 N–H and O–H groups in total. The average Bonchev–Trinajstić information content (AvgIpc) is 2.12. The Balaban J connectivity index is 2.02. The average molecular weight is 180 g/mol. The maximum absolute atomic E-state index is 2.49. The van der Waals surface area contributed by atoms with Crippen molar-refractivity contribution >= 4 is 0 Å². The zero-order chi connectivity index (χ0) is 9.75. The first-order valence-corrected chi connectivity index (χ1v) is 6.09. The Morgan fingerprint density at radius 3 is 2.00 bits per heavy atom. The summed E-state index contributed by atoms with van der Waals surface area (Å²) in [6.45, 7) is 12.2. The van der Waals surface area contributed by atoms with Crippen molar-refractivity contribution in [3.63, 3.8) is 0 Å². The summed E-state index contributed by atoms with van der Waals surface area (Å²) in [5.41, 5.74) is 0. The van der Waals surface area contributed by atoms with Crippen molar-refractivity contribution < 1.29 is 0 Å². The largest absolute Gasteiger partial charge is 0.0651 e. The van der Waals surface area contributed by atoms with Gasteiger partial charge in [-0.3, -0.25) is 0 Å². The van der Waals surface area contributed by atoms with E-state index in [-0.39, 0.29) is 0 Å². The minimum Gasteiger partial charge on any atom is -0.0651 e. The first-order valence-electron chi connectivity index (χ1n) is 6.09. The first-order chi connectivity index (χ1) is 6.09. The molecule has 0 radical (unpaired) electrons. The van der Waals surface area contributed by atoms with E-state index in [0.29, 0.717) is 0 Å². The van der Waals surface area contributed by atoms with Gasteiger partial charge in [0.25, 0.3) is 0 Å². The summed E-state index contributed by atoms with van der Waals surface area (Å²) in [5.74, 6) is 7.26. The third-order valence-corrected chi connectivity index (χ3v) is 5.45. The molecule has 2 aliphatic rings. The summed E-state index contributed by atoms with van der Waals surface area (Å²) in [6.07, 6.45) is 1.37. The zero-order valence-corrected chi connectivity index (χ0v) is 9.75. The number of hydrogen-bond donors (Lipinski definition) is 0. The fraction of sp³-hybridized carbons (Fsp3) is 1.00. The van der Waals surface area contributed by atoms with Crippen LogP contribution in [0.4, 0.5) is 0 Å². The predicted octanol–water partition coefficient (Wildman–Crippen LogP) is 3.82. The molecule has 7 unspecified atom stereocenters. The van der Waals surface area contributed by atoms with Crippen molar-refractivity contribution in [1.82, 2.24) is 0 Å². The van der Waals surface area contributed by atoms with Gasteiger partial charge in [0.1, 0.15) is 0 Å². The maximum atomic E-state index is 2.49. The fourth-order valence-corrected chi connectivity index (χ4v) is 4.32. The number of rotatable bonds is 2. The van der Waals surface area contributed by atoms with Gasteiger partial charge < -0.3 is 0 Å². The summed E-state index contributed by atoms with van der Waals surface area (Å²) < 4.78 is 0. The molecule has 0 amide bonds. The minimum atomic E-state index is 0.964.